The Kier molecular flexibility index (Phi) is 5.14. The highest BCUT2D eigenvalue weighted by molar-refractivity contribution is 6.33. The highest BCUT2D eigenvalue weighted by Crippen LogP contribution is 2.30. The maximum atomic E-state index is 12.6. The Morgan fingerprint density at radius 2 is 1.89 bits per heavy atom. The van der Waals surface area contributed by atoms with Crippen LogP contribution in [0.1, 0.15) is 17.0 Å². The van der Waals surface area contributed by atoms with E-state index in [2.05, 4.69) is 5.32 Å². The van der Waals surface area contributed by atoms with Crippen LogP contribution >= 0.6 is 11.6 Å². The number of hydrogen-bond acceptors (Lipinski definition) is 4. The van der Waals surface area contributed by atoms with Gasteiger partial charge >= 0.3 is 0 Å². The Morgan fingerprint density at radius 1 is 1.07 bits per heavy atom. The molecule has 1 aliphatic heterocycles. The summed E-state index contributed by atoms with van der Waals surface area (Å²) in [6.45, 7) is 1.25. The minimum absolute atomic E-state index is 0.00140. The predicted molar refractivity (Wildman–Crippen MR) is 103 cm³/mol. The first-order chi connectivity index (χ1) is 13.2. The molecule has 0 radical (unpaired) electrons. The number of benzene rings is 2. The van der Waals surface area contributed by atoms with E-state index in [4.69, 9.17) is 25.5 Å². The second-order valence-electron chi connectivity index (χ2n) is 6.20. The molecule has 2 aromatic carbocycles. The molecule has 4 rings (SSSR count). The third kappa shape index (κ3) is 3.99. The molecule has 2 heterocycles. The quantitative estimate of drug-likeness (QED) is 0.672. The van der Waals surface area contributed by atoms with Crippen molar-refractivity contribution in [3.63, 3.8) is 0 Å². The summed E-state index contributed by atoms with van der Waals surface area (Å²) in [5.74, 6) is 0.994. The maximum absolute atomic E-state index is 12.6. The van der Waals surface area contributed by atoms with Crippen molar-refractivity contribution in [1.29, 1.82) is 0 Å². The van der Waals surface area contributed by atoms with E-state index in [0.29, 0.717) is 35.4 Å². The van der Waals surface area contributed by atoms with Gasteiger partial charge in [-0.3, -0.25) is 4.79 Å². The molecule has 0 aliphatic carbocycles. The first-order valence-corrected chi connectivity index (χ1v) is 9.08. The number of rotatable bonds is 5. The van der Waals surface area contributed by atoms with Gasteiger partial charge in [-0.1, -0.05) is 35.9 Å². The number of furan rings is 1. The van der Waals surface area contributed by atoms with E-state index < -0.39 is 0 Å². The second-order valence-corrected chi connectivity index (χ2v) is 6.60. The smallest absolute Gasteiger partial charge is 0.291 e. The zero-order chi connectivity index (χ0) is 18.6. The van der Waals surface area contributed by atoms with Gasteiger partial charge in [0.15, 0.2) is 5.76 Å². The first kappa shape index (κ1) is 17.6. The number of carbonyl (C=O) groups excluding carboxylic acids is 1. The van der Waals surface area contributed by atoms with Crippen LogP contribution < -0.4 is 10.1 Å². The number of halogens is 1. The van der Waals surface area contributed by atoms with Crippen LogP contribution in [-0.2, 0) is 4.74 Å². The van der Waals surface area contributed by atoms with E-state index in [1.807, 2.05) is 36.4 Å². The minimum Gasteiger partial charge on any atom is -0.486 e. The summed E-state index contributed by atoms with van der Waals surface area (Å²) in [4.78, 5) is 12.6. The Balaban J connectivity index is 1.51. The molecule has 0 saturated carbocycles. The standard InChI is InChI=1S/C21H18ClNO4/c22-16-6-2-1-5-15(16)18-9-10-20(27-18)21(24)23-17-7-3-4-8-19(17)26-14-11-12-25-13-14/h1-10,14H,11-13H2,(H,23,24)/t14-/m0/s1. The van der Waals surface area contributed by atoms with Gasteiger partial charge in [-0.2, -0.15) is 0 Å². The fourth-order valence-electron chi connectivity index (χ4n) is 2.91. The summed E-state index contributed by atoms with van der Waals surface area (Å²) >= 11 is 6.19. The van der Waals surface area contributed by atoms with Gasteiger partial charge in [0.1, 0.15) is 17.6 Å². The number of anilines is 1. The number of para-hydroxylation sites is 2. The van der Waals surface area contributed by atoms with E-state index in [9.17, 15) is 4.79 Å². The molecule has 138 valence electrons. The van der Waals surface area contributed by atoms with E-state index in [1.165, 1.54) is 0 Å². The average molecular weight is 384 g/mol. The molecule has 5 nitrogen and oxygen atoms in total. The lowest BCUT2D eigenvalue weighted by Gasteiger charge is -2.15. The SMILES string of the molecule is O=C(Nc1ccccc1O[C@H]1CCOC1)c1ccc(-c2ccccc2Cl)o1. The monoisotopic (exact) mass is 383 g/mol. The van der Waals surface area contributed by atoms with Crippen molar-refractivity contribution in [2.75, 3.05) is 18.5 Å². The van der Waals surface area contributed by atoms with E-state index in [0.717, 1.165) is 12.0 Å². The molecule has 1 aromatic heterocycles. The van der Waals surface area contributed by atoms with Crippen LogP contribution in [0.2, 0.25) is 5.02 Å². The van der Waals surface area contributed by atoms with Crippen LogP contribution in [0.3, 0.4) is 0 Å². The van der Waals surface area contributed by atoms with Crippen molar-refractivity contribution in [1.82, 2.24) is 0 Å². The fourth-order valence-corrected chi connectivity index (χ4v) is 3.14. The number of ether oxygens (including phenoxy) is 2. The number of carbonyl (C=O) groups is 1. The molecule has 1 aliphatic rings. The van der Waals surface area contributed by atoms with E-state index in [1.54, 1.807) is 24.3 Å². The minimum atomic E-state index is -0.355. The molecule has 0 unspecified atom stereocenters. The Bertz CT molecular complexity index is 947. The van der Waals surface area contributed by atoms with Crippen molar-refractivity contribution >= 4 is 23.2 Å². The normalized spacial score (nSPS) is 16.3. The van der Waals surface area contributed by atoms with Crippen LogP contribution in [0.5, 0.6) is 5.75 Å². The van der Waals surface area contributed by atoms with E-state index in [-0.39, 0.29) is 17.8 Å². The average Bonchev–Trinajstić information content (AvgIpc) is 3.36. The molecule has 6 heteroatoms. The van der Waals surface area contributed by atoms with Crippen molar-refractivity contribution in [3.8, 4) is 17.1 Å². The summed E-state index contributed by atoms with van der Waals surface area (Å²) in [5.41, 5.74) is 1.33. The lowest BCUT2D eigenvalue weighted by molar-refractivity contribution is 0.0996. The van der Waals surface area contributed by atoms with Crippen LogP contribution in [-0.4, -0.2) is 25.2 Å². The number of hydrogen-bond donors (Lipinski definition) is 1. The summed E-state index contributed by atoms with van der Waals surface area (Å²) < 4.78 is 17.0. The Morgan fingerprint density at radius 3 is 2.70 bits per heavy atom. The fraction of sp³-hybridized carbons (Fsp3) is 0.190. The number of nitrogens with one attached hydrogen (secondary N) is 1. The molecule has 1 saturated heterocycles. The van der Waals surface area contributed by atoms with Crippen LogP contribution in [0, 0.1) is 0 Å². The van der Waals surface area contributed by atoms with Gasteiger partial charge in [-0.15, -0.1) is 0 Å². The molecule has 27 heavy (non-hydrogen) atoms. The zero-order valence-electron chi connectivity index (χ0n) is 14.5. The van der Waals surface area contributed by atoms with Crippen LogP contribution in [0.15, 0.2) is 65.1 Å². The van der Waals surface area contributed by atoms with Crippen molar-refractivity contribution in [2.24, 2.45) is 0 Å². The summed E-state index contributed by atoms with van der Waals surface area (Å²) in [7, 11) is 0. The molecule has 1 fully saturated rings. The molecule has 0 spiro atoms. The number of amides is 1. The van der Waals surface area contributed by atoms with Crippen molar-refractivity contribution in [2.45, 2.75) is 12.5 Å². The molecule has 3 aromatic rings. The highest BCUT2D eigenvalue weighted by Gasteiger charge is 2.20. The summed E-state index contributed by atoms with van der Waals surface area (Å²) in [5, 5.41) is 3.41. The molecule has 0 bridgehead atoms. The van der Waals surface area contributed by atoms with Gasteiger partial charge < -0.3 is 19.2 Å². The van der Waals surface area contributed by atoms with Gasteiger partial charge in [0.25, 0.3) is 5.91 Å². The molecule has 1 amide bonds. The Labute approximate surface area is 161 Å². The molecular weight excluding hydrogens is 366 g/mol. The van der Waals surface area contributed by atoms with Gasteiger partial charge in [-0.05, 0) is 36.4 Å². The van der Waals surface area contributed by atoms with Gasteiger partial charge in [0.2, 0.25) is 0 Å². The summed E-state index contributed by atoms with van der Waals surface area (Å²) in [6.07, 6.45) is 0.834. The third-order valence-corrected chi connectivity index (χ3v) is 4.62. The van der Waals surface area contributed by atoms with Crippen LogP contribution in [0.4, 0.5) is 5.69 Å². The second kappa shape index (κ2) is 7.86. The molecule has 1 atom stereocenters. The van der Waals surface area contributed by atoms with Crippen molar-refractivity contribution < 1.29 is 18.7 Å². The highest BCUT2D eigenvalue weighted by atomic mass is 35.5. The lowest BCUT2D eigenvalue weighted by Crippen LogP contribution is -2.18. The molecule has 1 N–H and O–H groups in total. The molecular formula is C21H18ClNO4. The largest absolute Gasteiger partial charge is 0.486 e. The summed E-state index contributed by atoms with van der Waals surface area (Å²) in [6, 6.07) is 18.0. The van der Waals surface area contributed by atoms with Crippen molar-refractivity contribution in [3.05, 3.63) is 71.4 Å². The zero-order valence-corrected chi connectivity index (χ0v) is 15.2. The van der Waals surface area contributed by atoms with Gasteiger partial charge in [0, 0.05) is 12.0 Å². The first-order valence-electron chi connectivity index (χ1n) is 8.70. The van der Waals surface area contributed by atoms with Gasteiger partial charge in [-0.25, -0.2) is 0 Å². The topological polar surface area (TPSA) is 60.7 Å². The third-order valence-electron chi connectivity index (χ3n) is 4.29. The Hall–Kier alpha value is -2.76. The van der Waals surface area contributed by atoms with E-state index >= 15 is 0 Å². The van der Waals surface area contributed by atoms with Crippen LogP contribution in [0.25, 0.3) is 11.3 Å². The maximum Gasteiger partial charge on any atom is 0.291 e. The predicted octanol–water partition coefficient (Wildman–Crippen LogP) is 5.02. The lowest BCUT2D eigenvalue weighted by atomic mass is 10.2. The van der Waals surface area contributed by atoms with Gasteiger partial charge in [0.05, 0.1) is 23.9 Å².